The smallest absolute Gasteiger partial charge is 0.0412 e. The van der Waals surface area contributed by atoms with Crippen LogP contribution in [0.3, 0.4) is 0 Å². The van der Waals surface area contributed by atoms with Crippen LogP contribution in [0.25, 0.3) is 0 Å². The zero-order valence-electron chi connectivity index (χ0n) is 14.1. The number of piperazine rings is 2. The van der Waals surface area contributed by atoms with Gasteiger partial charge in [-0.3, -0.25) is 9.80 Å². The molecule has 0 bridgehead atoms. The molecular weight excluding hydrogens is 272 g/mol. The lowest BCUT2D eigenvalue weighted by atomic mass is 10.1. The first kappa shape index (κ1) is 15.8. The van der Waals surface area contributed by atoms with Crippen LogP contribution >= 0.6 is 0 Å². The van der Waals surface area contributed by atoms with Crippen LogP contribution in [0.2, 0.25) is 0 Å². The van der Waals surface area contributed by atoms with E-state index in [0.717, 1.165) is 45.8 Å². The topological polar surface area (TPSA) is 21.8 Å². The summed E-state index contributed by atoms with van der Waals surface area (Å²) in [6.45, 7) is 14.9. The SMILES string of the molecule is CC(C)N1CCN(c2ccccc2CN2CCNCC2)CC1. The minimum atomic E-state index is 0.665. The fraction of sp³-hybridized carbons (Fsp3) is 0.667. The number of hydrogen-bond acceptors (Lipinski definition) is 4. The van der Waals surface area contributed by atoms with Gasteiger partial charge in [0.2, 0.25) is 0 Å². The molecule has 2 fully saturated rings. The van der Waals surface area contributed by atoms with Gasteiger partial charge in [0.1, 0.15) is 0 Å². The highest BCUT2D eigenvalue weighted by atomic mass is 15.3. The molecule has 0 aromatic heterocycles. The van der Waals surface area contributed by atoms with Crippen LogP contribution in [0.1, 0.15) is 19.4 Å². The van der Waals surface area contributed by atoms with E-state index in [1.165, 1.54) is 24.3 Å². The molecule has 2 saturated heterocycles. The van der Waals surface area contributed by atoms with Gasteiger partial charge in [-0.05, 0) is 25.5 Å². The highest BCUT2D eigenvalue weighted by Gasteiger charge is 2.21. The first-order chi connectivity index (χ1) is 10.7. The van der Waals surface area contributed by atoms with Crippen molar-refractivity contribution in [1.82, 2.24) is 15.1 Å². The second kappa shape index (κ2) is 7.44. The largest absolute Gasteiger partial charge is 0.369 e. The van der Waals surface area contributed by atoms with Crippen LogP contribution in [0.4, 0.5) is 5.69 Å². The number of nitrogens with one attached hydrogen (secondary N) is 1. The minimum Gasteiger partial charge on any atom is -0.369 e. The van der Waals surface area contributed by atoms with Gasteiger partial charge in [0.05, 0.1) is 0 Å². The van der Waals surface area contributed by atoms with Gasteiger partial charge in [0, 0.05) is 70.6 Å². The van der Waals surface area contributed by atoms with E-state index in [9.17, 15) is 0 Å². The summed E-state index contributed by atoms with van der Waals surface area (Å²) in [6.07, 6.45) is 0. The van der Waals surface area contributed by atoms with Crippen molar-refractivity contribution >= 4 is 5.69 Å². The molecule has 1 N–H and O–H groups in total. The van der Waals surface area contributed by atoms with Crippen LogP contribution in [0.15, 0.2) is 24.3 Å². The van der Waals surface area contributed by atoms with Crippen LogP contribution < -0.4 is 10.2 Å². The maximum absolute atomic E-state index is 3.44. The van der Waals surface area contributed by atoms with Gasteiger partial charge in [0.25, 0.3) is 0 Å². The van der Waals surface area contributed by atoms with Crippen molar-refractivity contribution in [3.05, 3.63) is 29.8 Å². The van der Waals surface area contributed by atoms with E-state index in [4.69, 9.17) is 0 Å². The van der Waals surface area contributed by atoms with Gasteiger partial charge in [-0.2, -0.15) is 0 Å². The van der Waals surface area contributed by atoms with Crippen molar-refractivity contribution in [1.29, 1.82) is 0 Å². The Balaban J connectivity index is 1.66. The highest BCUT2D eigenvalue weighted by molar-refractivity contribution is 5.54. The van der Waals surface area contributed by atoms with Gasteiger partial charge < -0.3 is 10.2 Å². The molecule has 1 aromatic rings. The number of rotatable bonds is 4. The zero-order valence-corrected chi connectivity index (χ0v) is 14.1. The summed E-state index contributed by atoms with van der Waals surface area (Å²) in [5.74, 6) is 0. The lowest BCUT2D eigenvalue weighted by molar-refractivity contribution is 0.208. The molecule has 122 valence electrons. The number of anilines is 1. The molecule has 0 atom stereocenters. The number of nitrogens with zero attached hydrogens (tertiary/aromatic N) is 3. The molecule has 1 aromatic carbocycles. The Bertz CT molecular complexity index is 460. The van der Waals surface area contributed by atoms with E-state index in [1.807, 2.05) is 0 Å². The third-order valence-electron chi connectivity index (χ3n) is 4.98. The summed E-state index contributed by atoms with van der Waals surface area (Å²) in [4.78, 5) is 7.73. The van der Waals surface area contributed by atoms with E-state index in [0.29, 0.717) is 6.04 Å². The van der Waals surface area contributed by atoms with E-state index in [1.54, 1.807) is 0 Å². The van der Waals surface area contributed by atoms with Crippen molar-refractivity contribution in [3.63, 3.8) is 0 Å². The monoisotopic (exact) mass is 302 g/mol. The molecule has 0 aliphatic carbocycles. The fourth-order valence-electron chi connectivity index (χ4n) is 3.54. The van der Waals surface area contributed by atoms with Crippen molar-refractivity contribution in [3.8, 4) is 0 Å². The Hall–Kier alpha value is -1.10. The van der Waals surface area contributed by atoms with Gasteiger partial charge >= 0.3 is 0 Å². The van der Waals surface area contributed by atoms with Crippen LogP contribution in [-0.4, -0.2) is 68.2 Å². The summed E-state index contributed by atoms with van der Waals surface area (Å²) in [6, 6.07) is 9.66. The molecule has 3 rings (SSSR count). The van der Waals surface area contributed by atoms with Gasteiger partial charge in [0.15, 0.2) is 0 Å². The lowest BCUT2D eigenvalue weighted by Crippen LogP contribution is -2.49. The number of benzene rings is 1. The molecule has 0 saturated carbocycles. The van der Waals surface area contributed by atoms with E-state index >= 15 is 0 Å². The fourth-order valence-corrected chi connectivity index (χ4v) is 3.54. The zero-order chi connectivity index (χ0) is 15.4. The molecule has 2 aliphatic rings. The summed E-state index contributed by atoms with van der Waals surface area (Å²) < 4.78 is 0. The van der Waals surface area contributed by atoms with Crippen molar-refractivity contribution in [2.24, 2.45) is 0 Å². The standard InChI is InChI=1S/C18H30N4/c1-16(2)21-11-13-22(14-12-21)18-6-4-3-5-17(18)15-20-9-7-19-8-10-20/h3-6,16,19H,7-15H2,1-2H3. The third kappa shape index (κ3) is 3.80. The maximum Gasteiger partial charge on any atom is 0.0412 e. The van der Waals surface area contributed by atoms with Crippen LogP contribution in [-0.2, 0) is 6.54 Å². The summed E-state index contributed by atoms with van der Waals surface area (Å²) in [5.41, 5.74) is 2.94. The Morgan fingerprint density at radius 3 is 2.32 bits per heavy atom. The normalized spacial score (nSPS) is 21.5. The second-order valence-corrected chi connectivity index (χ2v) is 6.77. The van der Waals surface area contributed by atoms with Gasteiger partial charge in [-0.25, -0.2) is 0 Å². The Morgan fingerprint density at radius 1 is 0.955 bits per heavy atom. The van der Waals surface area contributed by atoms with Crippen LogP contribution in [0, 0.1) is 0 Å². The lowest BCUT2D eigenvalue weighted by Gasteiger charge is -2.39. The van der Waals surface area contributed by atoms with E-state index in [-0.39, 0.29) is 0 Å². The third-order valence-corrected chi connectivity index (χ3v) is 4.98. The Labute approximate surface area is 135 Å². The molecular formula is C18H30N4. The first-order valence-corrected chi connectivity index (χ1v) is 8.74. The maximum atomic E-state index is 3.44. The highest BCUT2D eigenvalue weighted by Crippen LogP contribution is 2.23. The molecule has 4 nitrogen and oxygen atoms in total. The first-order valence-electron chi connectivity index (χ1n) is 8.74. The van der Waals surface area contributed by atoms with Crippen LogP contribution in [0.5, 0.6) is 0 Å². The minimum absolute atomic E-state index is 0.665. The van der Waals surface area contributed by atoms with Crippen molar-refractivity contribution in [2.75, 3.05) is 57.3 Å². The molecule has 0 amide bonds. The molecule has 0 radical (unpaired) electrons. The summed E-state index contributed by atoms with van der Waals surface area (Å²) >= 11 is 0. The molecule has 4 heteroatoms. The Morgan fingerprint density at radius 2 is 1.64 bits per heavy atom. The summed E-state index contributed by atoms with van der Waals surface area (Å²) in [5, 5.41) is 3.44. The molecule has 2 heterocycles. The predicted molar refractivity (Wildman–Crippen MR) is 93.5 cm³/mol. The molecule has 0 unspecified atom stereocenters. The van der Waals surface area contributed by atoms with Crippen molar-refractivity contribution in [2.45, 2.75) is 26.4 Å². The predicted octanol–water partition coefficient (Wildman–Crippen LogP) is 1.62. The second-order valence-electron chi connectivity index (χ2n) is 6.77. The Kier molecular flexibility index (Phi) is 5.34. The average Bonchev–Trinajstić information content (AvgIpc) is 2.56. The van der Waals surface area contributed by atoms with E-state index in [2.05, 4.69) is 58.1 Å². The molecule has 2 aliphatic heterocycles. The average molecular weight is 302 g/mol. The quantitative estimate of drug-likeness (QED) is 0.912. The number of hydrogen-bond donors (Lipinski definition) is 1. The van der Waals surface area contributed by atoms with E-state index < -0.39 is 0 Å². The molecule has 0 spiro atoms. The van der Waals surface area contributed by atoms with Gasteiger partial charge in [-0.1, -0.05) is 18.2 Å². The number of para-hydroxylation sites is 1. The summed E-state index contributed by atoms with van der Waals surface area (Å²) in [7, 11) is 0. The van der Waals surface area contributed by atoms with Crippen molar-refractivity contribution < 1.29 is 0 Å². The van der Waals surface area contributed by atoms with Gasteiger partial charge in [-0.15, -0.1) is 0 Å². The molecule has 22 heavy (non-hydrogen) atoms.